The molecule has 0 aliphatic carbocycles. The van der Waals surface area contributed by atoms with Crippen LogP contribution < -0.4 is 0 Å². The minimum absolute atomic E-state index is 0.0532. The second kappa shape index (κ2) is 3.85. The Balaban J connectivity index is 3.40. The van der Waals surface area contributed by atoms with Gasteiger partial charge in [-0.15, -0.1) is 0 Å². The molecule has 0 amide bonds. The highest BCUT2D eigenvalue weighted by Crippen LogP contribution is 2.26. The van der Waals surface area contributed by atoms with Crippen molar-refractivity contribution in [3.8, 4) is 0 Å². The summed E-state index contributed by atoms with van der Waals surface area (Å²) in [5.41, 5.74) is 0.339. The molecule has 0 unspecified atom stereocenters. The van der Waals surface area contributed by atoms with Crippen molar-refractivity contribution in [2.75, 3.05) is 0 Å². The van der Waals surface area contributed by atoms with Gasteiger partial charge >= 0.3 is 5.97 Å². The van der Waals surface area contributed by atoms with E-state index in [0.717, 1.165) is 0 Å². The number of carboxylic acid groups (broad SMARTS) is 1. The molecule has 5 heteroatoms. The molecule has 0 aliphatic rings. The van der Waals surface area contributed by atoms with Gasteiger partial charge in [0, 0.05) is 5.56 Å². The Kier molecular flexibility index (Phi) is 3.09. The molecule has 1 aromatic rings. The average Bonchev–Trinajstić information content (AvgIpc) is 2.41. The maximum atomic E-state index is 10.9. The highest BCUT2D eigenvalue weighted by atomic mass is 35.5. The van der Waals surface area contributed by atoms with Gasteiger partial charge in [-0.25, -0.2) is 9.48 Å². The van der Waals surface area contributed by atoms with Gasteiger partial charge < -0.3 is 5.11 Å². The van der Waals surface area contributed by atoms with E-state index in [9.17, 15) is 4.79 Å². The van der Waals surface area contributed by atoms with E-state index < -0.39 is 5.97 Å². The average molecular weight is 231 g/mol. The van der Waals surface area contributed by atoms with Gasteiger partial charge in [-0.1, -0.05) is 18.5 Å². The van der Waals surface area contributed by atoms with Crippen molar-refractivity contribution in [1.29, 1.82) is 0 Å². The quantitative estimate of drug-likeness (QED) is 0.850. The Morgan fingerprint density at radius 2 is 2.07 bits per heavy atom. The van der Waals surface area contributed by atoms with Crippen molar-refractivity contribution in [3.05, 3.63) is 16.4 Å². The van der Waals surface area contributed by atoms with E-state index >= 15 is 0 Å². The third kappa shape index (κ3) is 2.15. The molecule has 0 bridgehead atoms. The van der Waals surface area contributed by atoms with E-state index in [-0.39, 0.29) is 11.2 Å². The van der Waals surface area contributed by atoms with Crippen molar-refractivity contribution in [3.63, 3.8) is 0 Å². The van der Waals surface area contributed by atoms with Crippen LogP contribution in [-0.2, 0) is 12.0 Å². The Bertz CT molecular complexity index is 391. The topological polar surface area (TPSA) is 55.1 Å². The first kappa shape index (κ1) is 12.0. The number of hydrogen-bond acceptors (Lipinski definition) is 2. The lowest BCUT2D eigenvalue weighted by Gasteiger charge is -2.20. The zero-order chi connectivity index (χ0) is 11.8. The van der Waals surface area contributed by atoms with Crippen LogP contribution in [0.1, 0.15) is 43.7 Å². The molecule has 0 saturated carbocycles. The monoisotopic (exact) mass is 230 g/mol. The molecule has 1 aromatic heterocycles. The lowest BCUT2D eigenvalue weighted by atomic mass is 10.1. The molecule has 0 radical (unpaired) electrons. The summed E-state index contributed by atoms with van der Waals surface area (Å²) in [6.45, 7) is 7.65. The van der Waals surface area contributed by atoms with E-state index in [1.165, 1.54) is 0 Å². The van der Waals surface area contributed by atoms with Crippen LogP contribution in [-0.4, -0.2) is 20.9 Å². The molecule has 0 spiro atoms. The van der Waals surface area contributed by atoms with Gasteiger partial charge in [-0.2, -0.15) is 5.10 Å². The maximum absolute atomic E-state index is 10.9. The van der Waals surface area contributed by atoms with Crippen molar-refractivity contribution in [2.45, 2.75) is 39.7 Å². The predicted octanol–water partition coefficient (Wildman–Crippen LogP) is 2.55. The van der Waals surface area contributed by atoms with Crippen LogP contribution in [0.3, 0.4) is 0 Å². The minimum Gasteiger partial charge on any atom is -0.476 e. The number of carboxylic acids is 1. The molecular formula is C10H15ClN2O2. The molecule has 0 fully saturated rings. The molecule has 0 aliphatic heterocycles. The van der Waals surface area contributed by atoms with Gasteiger partial charge in [-0.3, -0.25) is 0 Å². The summed E-state index contributed by atoms with van der Waals surface area (Å²) < 4.78 is 1.55. The van der Waals surface area contributed by atoms with Crippen molar-refractivity contribution in [1.82, 2.24) is 9.78 Å². The first-order chi connectivity index (χ1) is 6.79. The summed E-state index contributed by atoms with van der Waals surface area (Å²) in [6.07, 6.45) is 0.566. The van der Waals surface area contributed by atoms with Gasteiger partial charge in [0.2, 0.25) is 0 Å². The van der Waals surface area contributed by atoms with Crippen molar-refractivity contribution < 1.29 is 9.90 Å². The third-order valence-corrected chi connectivity index (χ3v) is 2.50. The summed E-state index contributed by atoms with van der Waals surface area (Å²) in [7, 11) is 0. The maximum Gasteiger partial charge on any atom is 0.356 e. The number of aromatic carboxylic acids is 1. The molecule has 15 heavy (non-hydrogen) atoms. The Labute approximate surface area is 93.9 Å². The fourth-order valence-corrected chi connectivity index (χ4v) is 1.87. The van der Waals surface area contributed by atoms with Gasteiger partial charge in [0.1, 0.15) is 5.15 Å². The second-order valence-corrected chi connectivity index (χ2v) is 4.72. The first-order valence-electron chi connectivity index (χ1n) is 4.80. The van der Waals surface area contributed by atoms with E-state index in [2.05, 4.69) is 5.10 Å². The van der Waals surface area contributed by atoms with Gasteiger partial charge in [0.25, 0.3) is 0 Å². The highest BCUT2D eigenvalue weighted by Gasteiger charge is 2.25. The number of rotatable bonds is 2. The molecule has 0 aromatic carbocycles. The zero-order valence-electron chi connectivity index (χ0n) is 9.33. The van der Waals surface area contributed by atoms with Crippen LogP contribution in [0.2, 0.25) is 5.15 Å². The van der Waals surface area contributed by atoms with E-state index in [4.69, 9.17) is 16.7 Å². The normalized spacial score (nSPS) is 11.8. The minimum atomic E-state index is -1.03. The number of aromatic nitrogens is 2. The summed E-state index contributed by atoms with van der Waals surface area (Å²) in [4.78, 5) is 10.9. The molecule has 1 heterocycles. The fraction of sp³-hybridized carbons (Fsp3) is 0.600. The Morgan fingerprint density at radius 3 is 2.33 bits per heavy atom. The number of nitrogens with zero attached hydrogens (tertiary/aromatic N) is 2. The van der Waals surface area contributed by atoms with Crippen LogP contribution in [0.15, 0.2) is 0 Å². The first-order valence-corrected chi connectivity index (χ1v) is 5.18. The van der Waals surface area contributed by atoms with E-state index in [0.29, 0.717) is 17.1 Å². The smallest absolute Gasteiger partial charge is 0.356 e. The summed E-state index contributed by atoms with van der Waals surface area (Å²) in [5, 5.41) is 13.4. The zero-order valence-corrected chi connectivity index (χ0v) is 10.1. The van der Waals surface area contributed by atoms with Crippen LogP contribution >= 0.6 is 11.6 Å². The molecule has 84 valence electrons. The summed E-state index contributed by atoms with van der Waals surface area (Å²) >= 11 is 6.10. The van der Waals surface area contributed by atoms with Crippen LogP contribution in [0.4, 0.5) is 0 Å². The lowest BCUT2D eigenvalue weighted by Crippen LogP contribution is -2.23. The van der Waals surface area contributed by atoms with Crippen molar-refractivity contribution >= 4 is 17.6 Å². The summed E-state index contributed by atoms with van der Waals surface area (Å²) in [5.74, 6) is -1.03. The number of carbonyl (C=O) groups is 1. The molecule has 1 rings (SSSR count). The molecule has 4 nitrogen and oxygen atoms in total. The van der Waals surface area contributed by atoms with Gasteiger partial charge in [-0.05, 0) is 27.2 Å². The summed E-state index contributed by atoms with van der Waals surface area (Å²) in [6, 6.07) is 0. The molecule has 0 atom stereocenters. The van der Waals surface area contributed by atoms with Gasteiger partial charge in [0.15, 0.2) is 5.69 Å². The van der Waals surface area contributed by atoms with E-state index in [1.54, 1.807) is 4.68 Å². The van der Waals surface area contributed by atoms with Crippen LogP contribution in [0.5, 0.6) is 0 Å². The predicted molar refractivity (Wildman–Crippen MR) is 58.6 cm³/mol. The number of hydrogen-bond donors (Lipinski definition) is 1. The largest absolute Gasteiger partial charge is 0.476 e. The Morgan fingerprint density at radius 1 is 1.53 bits per heavy atom. The fourth-order valence-electron chi connectivity index (χ4n) is 1.36. The molecule has 0 saturated heterocycles. The van der Waals surface area contributed by atoms with Crippen LogP contribution in [0, 0.1) is 0 Å². The third-order valence-electron chi connectivity index (χ3n) is 2.11. The molecular weight excluding hydrogens is 216 g/mol. The van der Waals surface area contributed by atoms with E-state index in [1.807, 2.05) is 27.7 Å². The Hall–Kier alpha value is -1.03. The standard InChI is InChI=1S/C10H15ClN2O2/c1-5-6-7(9(14)15)12-13(8(6)11)10(2,3)4/h5H2,1-4H3,(H,14,15). The number of halogens is 1. The van der Waals surface area contributed by atoms with Crippen molar-refractivity contribution in [2.24, 2.45) is 0 Å². The molecule has 1 N–H and O–H groups in total. The SMILES string of the molecule is CCc1c(C(=O)O)nn(C(C)(C)C)c1Cl. The highest BCUT2D eigenvalue weighted by molar-refractivity contribution is 6.30. The van der Waals surface area contributed by atoms with Gasteiger partial charge in [0.05, 0.1) is 5.54 Å². The van der Waals surface area contributed by atoms with Crippen LogP contribution in [0.25, 0.3) is 0 Å². The lowest BCUT2D eigenvalue weighted by molar-refractivity contribution is 0.0687. The second-order valence-electron chi connectivity index (χ2n) is 4.36.